The van der Waals surface area contributed by atoms with Gasteiger partial charge in [-0.2, -0.15) is 0 Å². The molecule has 1 rings (SSSR count). The zero-order valence-corrected chi connectivity index (χ0v) is 9.40. The van der Waals surface area contributed by atoms with Crippen molar-refractivity contribution in [2.45, 2.75) is 11.8 Å². The van der Waals surface area contributed by atoms with E-state index in [0.29, 0.717) is 16.5 Å². The quantitative estimate of drug-likeness (QED) is 0.865. The Kier molecular flexibility index (Phi) is 3.89. The van der Waals surface area contributed by atoms with Crippen molar-refractivity contribution in [1.29, 1.82) is 0 Å². The fraction of sp³-hybridized carbons (Fsp3) is 0.222. The third kappa shape index (κ3) is 2.69. The number of aliphatic carboxylic acids is 1. The molecule has 0 unspecified atom stereocenters. The molecule has 1 aromatic rings. The van der Waals surface area contributed by atoms with Gasteiger partial charge < -0.3 is 5.11 Å². The maximum atomic E-state index is 13.2. The molecule has 0 spiro atoms. The van der Waals surface area contributed by atoms with Crippen molar-refractivity contribution < 1.29 is 14.3 Å². The first kappa shape index (κ1) is 11.5. The van der Waals surface area contributed by atoms with Crippen LogP contribution in [0.3, 0.4) is 0 Å². The molecule has 1 N–H and O–H groups in total. The topological polar surface area (TPSA) is 37.3 Å². The first-order chi connectivity index (χ1) is 6.54. The zero-order chi connectivity index (χ0) is 10.7. The van der Waals surface area contributed by atoms with Crippen molar-refractivity contribution in [2.75, 3.05) is 0 Å². The van der Waals surface area contributed by atoms with E-state index in [1.54, 1.807) is 0 Å². The van der Waals surface area contributed by atoms with Crippen LogP contribution in [0.4, 0.5) is 4.39 Å². The molecule has 5 heteroatoms. The summed E-state index contributed by atoms with van der Waals surface area (Å²) in [5.41, 5.74) is 0.713. The Morgan fingerprint density at radius 1 is 1.50 bits per heavy atom. The van der Waals surface area contributed by atoms with E-state index in [1.165, 1.54) is 6.07 Å². The van der Waals surface area contributed by atoms with Crippen LogP contribution in [0, 0.1) is 5.82 Å². The van der Waals surface area contributed by atoms with Crippen LogP contribution >= 0.6 is 27.5 Å². The first-order valence-electron chi connectivity index (χ1n) is 3.79. The second-order valence-corrected chi connectivity index (χ2v) is 3.71. The number of rotatable bonds is 3. The molecule has 0 fully saturated rings. The van der Waals surface area contributed by atoms with Gasteiger partial charge in [-0.05, 0) is 23.3 Å². The number of carboxylic acid groups (broad SMARTS) is 1. The monoisotopic (exact) mass is 280 g/mol. The summed E-state index contributed by atoms with van der Waals surface area (Å²) in [5.74, 6) is -1.47. The fourth-order valence-corrected chi connectivity index (χ4v) is 1.71. The molecule has 76 valence electrons. The van der Waals surface area contributed by atoms with Crippen molar-refractivity contribution in [1.82, 2.24) is 0 Å². The lowest BCUT2D eigenvalue weighted by Crippen LogP contribution is -2.02. The van der Waals surface area contributed by atoms with Gasteiger partial charge in [-0.25, -0.2) is 4.39 Å². The summed E-state index contributed by atoms with van der Waals surface area (Å²) in [5, 5.41) is 9.15. The molecule has 0 heterocycles. The minimum absolute atomic E-state index is 0.266. The Labute approximate surface area is 93.8 Å². The van der Waals surface area contributed by atoms with E-state index < -0.39 is 11.8 Å². The smallest absolute Gasteiger partial charge is 0.307 e. The lowest BCUT2D eigenvalue weighted by molar-refractivity contribution is -0.136. The second-order valence-electron chi connectivity index (χ2n) is 2.74. The Morgan fingerprint density at radius 2 is 2.14 bits per heavy atom. The standard InChI is InChI=1S/C9H7BrClFO2/c10-4-6-1-7(11)5(2-8(6)12)3-9(13)14/h1-2H,3-4H2,(H,13,14). The van der Waals surface area contributed by atoms with Crippen LogP contribution in [0.5, 0.6) is 0 Å². The highest BCUT2D eigenvalue weighted by Gasteiger charge is 2.10. The highest BCUT2D eigenvalue weighted by atomic mass is 79.9. The molecule has 0 aliphatic heterocycles. The molecule has 1 aromatic carbocycles. The summed E-state index contributed by atoms with van der Waals surface area (Å²) in [6.45, 7) is 0. The third-order valence-electron chi connectivity index (χ3n) is 1.70. The molecule has 0 aliphatic rings. The molecular weight excluding hydrogens is 274 g/mol. The van der Waals surface area contributed by atoms with Crippen LogP contribution < -0.4 is 0 Å². The van der Waals surface area contributed by atoms with Crippen molar-refractivity contribution in [3.63, 3.8) is 0 Å². The molecule has 0 bridgehead atoms. The van der Waals surface area contributed by atoms with E-state index in [0.717, 1.165) is 6.07 Å². The Bertz CT molecular complexity index is 368. The summed E-state index contributed by atoms with van der Waals surface area (Å²) < 4.78 is 13.2. The van der Waals surface area contributed by atoms with Gasteiger partial charge >= 0.3 is 5.97 Å². The third-order valence-corrected chi connectivity index (χ3v) is 2.66. The van der Waals surface area contributed by atoms with Gasteiger partial charge in [-0.15, -0.1) is 0 Å². The molecule has 0 radical (unpaired) electrons. The number of hydrogen-bond acceptors (Lipinski definition) is 1. The molecule has 0 aromatic heterocycles. The zero-order valence-electron chi connectivity index (χ0n) is 7.06. The van der Waals surface area contributed by atoms with E-state index in [1.807, 2.05) is 0 Å². The van der Waals surface area contributed by atoms with Gasteiger partial charge in [0.05, 0.1) is 6.42 Å². The van der Waals surface area contributed by atoms with Gasteiger partial charge in [0.2, 0.25) is 0 Å². The van der Waals surface area contributed by atoms with Crippen LogP contribution in [0.25, 0.3) is 0 Å². The summed E-state index contributed by atoms with van der Waals surface area (Å²) in [7, 11) is 0. The van der Waals surface area contributed by atoms with Crippen LogP contribution in [-0.4, -0.2) is 11.1 Å². The summed E-state index contributed by atoms with van der Waals surface area (Å²) in [6.07, 6.45) is -0.266. The molecule has 0 atom stereocenters. The van der Waals surface area contributed by atoms with E-state index in [9.17, 15) is 9.18 Å². The van der Waals surface area contributed by atoms with Crippen molar-refractivity contribution >= 4 is 33.5 Å². The first-order valence-corrected chi connectivity index (χ1v) is 5.29. The summed E-state index contributed by atoms with van der Waals surface area (Å²) in [4.78, 5) is 10.4. The van der Waals surface area contributed by atoms with Gasteiger partial charge in [0.25, 0.3) is 0 Å². The Morgan fingerprint density at radius 3 is 2.64 bits per heavy atom. The summed E-state index contributed by atoms with van der Waals surface area (Å²) >= 11 is 8.88. The van der Waals surface area contributed by atoms with Gasteiger partial charge in [0.1, 0.15) is 5.82 Å². The highest BCUT2D eigenvalue weighted by Crippen LogP contribution is 2.22. The van der Waals surface area contributed by atoms with E-state index >= 15 is 0 Å². The maximum absolute atomic E-state index is 13.2. The predicted molar refractivity (Wildman–Crippen MR) is 55.4 cm³/mol. The fourth-order valence-electron chi connectivity index (χ4n) is 1.03. The summed E-state index contributed by atoms with van der Waals surface area (Å²) in [6, 6.07) is 2.59. The lowest BCUT2D eigenvalue weighted by atomic mass is 10.1. The van der Waals surface area contributed by atoms with Crippen molar-refractivity contribution in [3.05, 3.63) is 34.1 Å². The van der Waals surface area contributed by atoms with Crippen LogP contribution in [0.15, 0.2) is 12.1 Å². The van der Waals surface area contributed by atoms with Gasteiger partial charge in [0, 0.05) is 10.4 Å². The second kappa shape index (κ2) is 4.75. The number of carboxylic acids is 1. The molecule has 0 saturated heterocycles. The SMILES string of the molecule is O=C(O)Cc1cc(F)c(CBr)cc1Cl. The van der Waals surface area contributed by atoms with Gasteiger partial charge in [0.15, 0.2) is 0 Å². The largest absolute Gasteiger partial charge is 0.481 e. The Balaban J connectivity index is 3.08. The van der Waals surface area contributed by atoms with E-state index in [-0.39, 0.29) is 11.4 Å². The predicted octanol–water partition coefficient (Wildman–Crippen LogP) is 3.00. The molecule has 0 saturated carbocycles. The van der Waals surface area contributed by atoms with E-state index in [4.69, 9.17) is 16.7 Å². The van der Waals surface area contributed by atoms with Gasteiger partial charge in [-0.3, -0.25) is 4.79 Å². The average Bonchev–Trinajstić information content (AvgIpc) is 2.10. The van der Waals surface area contributed by atoms with Crippen LogP contribution in [-0.2, 0) is 16.5 Å². The molecule has 0 amide bonds. The maximum Gasteiger partial charge on any atom is 0.307 e. The number of halogens is 3. The molecule has 14 heavy (non-hydrogen) atoms. The van der Waals surface area contributed by atoms with Crippen molar-refractivity contribution in [2.24, 2.45) is 0 Å². The Hall–Kier alpha value is -0.610. The number of benzene rings is 1. The highest BCUT2D eigenvalue weighted by molar-refractivity contribution is 9.08. The van der Waals surface area contributed by atoms with Crippen LogP contribution in [0.2, 0.25) is 5.02 Å². The number of carbonyl (C=O) groups is 1. The minimum atomic E-state index is -1.03. The minimum Gasteiger partial charge on any atom is -0.481 e. The number of alkyl halides is 1. The molecule has 0 aliphatic carbocycles. The van der Waals surface area contributed by atoms with Gasteiger partial charge in [-0.1, -0.05) is 27.5 Å². The normalized spacial score (nSPS) is 10.2. The average molecular weight is 282 g/mol. The number of hydrogen-bond donors (Lipinski definition) is 1. The molecular formula is C9H7BrClFO2. The van der Waals surface area contributed by atoms with Crippen molar-refractivity contribution in [3.8, 4) is 0 Å². The van der Waals surface area contributed by atoms with E-state index in [2.05, 4.69) is 15.9 Å². The lowest BCUT2D eigenvalue weighted by Gasteiger charge is -2.04. The van der Waals surface area contributed by atoms with Crippen LogP contribution in [0.1, 0.15) is 11.1 Å². The molecule has 2 nitrogen and oxygen atoms in total.